The van der Waals surface area contributed by atoms with E-state index in [-0.39, 0.29) is 23.0 Å². The summed E-state index contributed by atoms with van der Waals surface area (Å²) in [5.41, 5.74) is 0.440. The van der Waals surface area contributed by atoms with Crippen molar-refractivity contribution in [2.75, 3.05) is 0 Å². The second-order valence-corrected chi connectivity index (χ2v) is 6.53. The Balaban J connectivity index is 1.81. The summed E-state index contributed by atoms with van der Waals surface area (Å²) < 4.78 is 14.5. The van der Waals surface area contributed by atoms with Gasteiger partial charge in [0, 0.05) is 12.6 Å². The van der Waals surface area contributed by atoms with Crippen molar-refractivity contribution in [1.82, 2.24) is 15.1 Å². The lowest BCUT2D eigenvalue weighted by atomic mass is 9.71. The van der Waals surface area contributed by atoms with Gasteiger partial charge >= 0.3 is 0 Å². The first kappa shape index (κ1) is 17.3. The first-order chi connectivity index (χ1) is 12.0. The van der Waals surface area contributed by atoms with Crippen LogP contribution >= 0.6 is 0 Å². The molecule has 1 heterocycles. The third-order valence-electron chi connectivity index (χ3n) is 4.78. The Morgan fingerprint density at radius 1 is 1.24 bits per heavy atom. The maximum absolute atomic E-state index is 13.2. The summed E-state index contributed by atoms with van der Waals surface area (Å²) in [6, 6.07) is 9.07. The van der Waals surface area contributed by atoms with Crippen molar-refractivity contribution in [1.29, 1.82) is 0 Å². The number of rotatable bonds is 6. The number of nitrogens with zero attached hydrogens (tertiary/aromatic N) is 2. The molecule has 2 aromatic rings. The summed E-state index contributed by atoms with van der Waals surface area (Å²) in [6.45, 7) is 2.53. The number of carbonyl (C=O) groups is 1. The summed E-state index contributed by atoms with van der Waals surface area (Å²) in [7, 11) is 0. The lowest BCUT2D eigenvalue weighted by Gasteiger charge is -2.43. The van der Waals surface area contributed by atoms with Gasteiger partial charge in [-0.1, -0.05) is 25.5 Å². The van der Waals surface area contributed by atoms with Gasteiger partial charge in [-0.15, -0.1) is 0 Å². The van der Waals surface area contributed by atoms with Gasteiger partial charge in [0.15, 0.2) is 0 Å². The minimum Gasteiger partial charge on any atom is -0.341 e. The normalized spacial score (nSPS) is 15.4. The first-order valence-corrected chi connectivity index (χ1v) is 8.71. The summed E-state index contributed by atoms with van der Waals surface area (Å²) in [6.07, 6.45) is 4.39. The maximum atomic E-state index is 13.2. The van der Waals surface area contributed by atoms with Crippen LogP contribution in [0, 0.1) is 5.82 Å². The molecule has 1 amide bonds. The number of hydrogen-bond acceptors (Lipinski definition) is 3. The van der Waals surface area contributed by atoms with Crippen LogP contribution in [0.3, 0.4) is 0 Å². The van der Waals surface area contributed by atoms with Crippen molar-refractivity contribution in [3.05, 3.63) is 63.8 Å². The van der Waals surface area contributed by atoms with Crippen LogP contribution in [0.25, 0.3) is 0 Å². The zero-order valence-corrected chi connectivity index (χ0v) is 14.3. The molecule has 0 unspecified atom stereocenters. The van der Waals surface area contributed by atoms with Crippen molar-refractivity contribution in [3.8, 4) is 0 Å². The number of amides is 1. The molecular weight excluding hydrogens is 321 g/mol. The molecule has 1 saturated carbocycles. The Bertz CT molecular complexity index is 810. The fourth-order valence-corrected chi connectivity index (χ4v) is 3.10. The summed E-state index contributed by atoms with van der Waals surface area (Å²) in [5, 5.41) is 7.24. The summed E-state index contributed by atoms with van der Waals surface area (Å²) >= 11 is 0. The first-order valence-electron chi connectivity index (χ1n) is 8.71. The van der Waals surface area contributed by atoms with Crippen molar-refractivity contribution in [2.24, 2.45) is 0 Å². The monoisotopic (exact) mass is 343 g/mol. The minimum absolute atomic E-state index is 0.207. The van der Waals surface area contributed by atoms with E-state index >= 15 is 0 Å². The predicted molar refractivity (Wildman–Crippen MR) is 92.8 cm³/mol. The van der Waals surface area contributed by atoms with Gasteiger partial charge in [-0.3, -0.25) is 9.59 Å². The molecular formula is C19H22FN3O2. The van der Waals surface area contributed by atoms with Gasteiger partial charge in [0.25, 0.3) is 11.5 Å². The molecule has 132 valence electrons. The van der Waals surface area contributed by atoms with Crippen LogP contribution in [0.5, 0.6) is 0 Å². The number of halogens is 1. The van der Waals surface area contributed by atoms with Crippen molar-refractivity contribution in [2.45, 2.75) is 51.1 Å². The second-order valence-electron chi connectivity index (χ2n) is 6.53. The fourth-order valence-electron chi connectivity index (χ4n) is 3.10. The number of aryl methyl sites for hydroxylation is 1. The van der Waals surface area contributed by atoms with Crippen LogP contribution in [0.1, 0.15) is 55.1 Å². The molecule has 1 fully saturated rings. The molecule has 6 heteroatoms. The van der Waals surface area contributed by atoms with E-state index < -0.39 is 5.54 Å². The number of benzene rings is 1. The lowest BCUT2D eigenvalue weighted by molar-refractivity contribution is 0.0815. The van der Waals surface area contributed by atoms with E-state index in [9.17, 15) is 14.0 Å². The highest BCUT2D eigenvalue weighted by Gasteiger charge is 2.40. The molecule has 3 rings (SSSR count). The van der Waals surface area contributed by atoms with E-state index in [1.165, 1.54) is 28.9 Å². The molecule has 1 aliphatic carbocycles. The van der Waals surface area contributed by atoms with Crippen LogP contribution in [-0.4, -0.2) is 15.7 Å². The van der Waals surface area contributed by atoms with Gasteiger partial charge in [-0.2, -0.15) is 5.10 Å². The van der Waals surface area contributed by atoms with Gasteiger partial charge in [0.2, 0.25) is 0 Å². The van der Waals surface area contributed by atoms with Crippen LogP contribution in [0.4, 0.5) is 4.39 Å². The third kappa shape index (κ3) is 3.62. The van der Waals surface area contributed by atoms with Crippen LogP contribution in [-0.2, 0) is 12.1 Å². The Hall–Kier alpha value is -2.50. The van der Waals surface area contributed by atoms with E-state index in [1.807, 2.05) is 6.92 Å². The molecule has 1 aromatic heterocycles. The molecule has 0 saturated heterocycles. The molecule has 1 N–H and O–H groups in total. The van der Waals surface area contributed by atoms with Crippen LogP contribution in [0.2, 0.25) is 0 Å². The molecule has 1 aliphatic rings. The molecule has 0 bridgehead atoms. The average Bonchev–Trinajstić information content (AvgIpc) is 2.58. The minimum atomic E-state index is -0.475. The van der Waals surface area contributed by atoms with Gasteiger partial charge in [-0.05, 0) is 49.4 Å². The van der Waals surface area contributed by atoms with Crippen molar-refractivity contribution < 1.29 is 9.18 Å². The standard InChI is InChI=1S/C19H22FN3O2/c1-2-3-13-23-17(24)10-9-16(22-23)18(25)21-19(11-4-12-19)14-5-7-15(20)8-6-14/h5-10H,2-4,11-13H2,1H3,(H,21,25). The summed E-state index contributed by atoms with van der Waals surface area (Å²) in [4.78, 5) is 24.5. The number of aromatic nitrogens is 2. The van der Waals surface area contributed by atoms with E-state index in [1.54, 1.807) is 12.1 Å². The number of carbonyl (C=O) groups excluding carboxylic acids is 1. The average molecular weight is 343 g/mol. The molecule has 0 radical (unpaired) electrons. The largest absolute Gasteiger partial charge is 0.341 e. The zero-order chi connectivity index (χ0) is 17.9. The maximum Gasteiger partial charge on any atom is 0.272 e. The number of nitrogens with one attached hydrogen (secondary N) is 1. The van der Waals surface area contributed by atoms with Crippen molar-refractivity contribution in [3.63, 3.8) is 0 Å². The highest BCUT2D eigenvalue weighted by Crippen LogP contribution is 2.41. The smallest absolute Gasteiger partial charge is 0.272 e. The quantitative estimate of drug-likeness (QED) is 0.877. The molecule has 0 atom stereocenters. The SMILES string of the molecule is CCCCn1nc(C(=O)NC2(c3ccc(F)cc3)CCC2)ccc1=O. The van der Waals surface area contributed by atoms with Gasteiger partial charge in [-0.25, -0.2) is 9.07 Å². The third-order valence-corrected chi connectivity index (χ3v) is 4.78. The Kier molecular flexibility index (Phi) is 4.97. The van der Waals surface area contributed by atoms with E-state index in [0.29, 0.717) is 6.54 Å². The lowest BCUT2D eigenvalue weighted by Crippen LogP contribution is -2.51. The highest BCUT2D eigenvalue weighted by atomic mass is 19.1. The Labute approximate surface area is 145 Å². The number of hydrogen-bond donors (Lipinski definition) is 1. The number of unbranched alkanes of at least 4 members (excludes halogenated alkanes) is 1. The van der Waals surface area contributed by atoms with E-state index in [2.05, 4.69) is 10.4 Å². The fraction of sp³-hybridized carbons (Fsp3) is 0.421. The molecule has 0 aliphatic heterocycles. The zero-order valence-electron chi connectivity index (χ0n) is 14.3. The van der Waals surface area contributed by atoms with Crippen molar-refractivity contribution >= 4 is 5.91 Å². The van der Waals surface area contributed by atoms with E-state index in [4.69, 9.17) is 0 Å². The molecule has 25 heavy (non-hydrogen) atoms. The topological polar surface area (TPSA) is 64.0 Å². The Morgan fingerprint density at radius 2 is 1.96 bits per heavy atom. The summed E-state index contributed by atoms with van der Waals surface area (Å²) in [5.74, 6) is -0.608. The second kappa shape index (κ2) is 7.17. The molecule has 0 spiro atoms. The Morgan fingerprint density at radius 3 is 2.56 bits per heavy atom. The van der Waals surface area contributed by atoms with Gasteiger partial charge in [0.1, 0.15) is 11.5 Å². The van der Waals surface area contributed by atoms with Gasteiger partial charge < -0.3 is 5.32 Å². The highest BCUT2D eigenvalue weighted by molar-refractivity contribution is 5.92. The molecule has 5 nitrogen and oxygen atoms in total. The van der Waals surface area contributed by atoms with Crippen LogP contribution in [0.15, 0.2) is 41.2 Å². The van der Waals surface area contributed by atoms with Crippen LogP contribution < -0.4 is 10.9 Å². The van der Waals surface area contributed by atoms with E-state index in [0.717, 1.165) is 37.7 Å². The van der Waals surface area contributed by atoms with Gasteiger partial charge in [0.05, 0.1) is 5.54 Å². The molecule has 1 aromatic carbocycles. The predicted octanol–water partition coefficient (Wildman–Crippen LogP) is 2.99.